The smallest absolute Gasteiger partial charge is 0.870 e. The first kappa shape index (κ1) is 52.2. The maximum Gasteiger partial charge on any atom is 1.00 e. The average Bonchev–Trinajstić information content (AvgIpc) is 3.20. The van der Waals surface area contributed by atoms with Gasteiger partial charge in [0, 0.05) is 49.4 Å². The molecule has 15 nitrogen and oxygen atoms in total. The first-order chi connectivity index (χ1) is 21.6. The van der Waals surface area contributed by atoms with Crippen molar-refractivity contribution in [3.05, 3.63) is 87.5 Å². The van der Waals surface area contributed by atoms with Crippen LogP contribution in [-0.2, 0) is 52.2 Å². The Bertz CT molecular complexity index is 1830. The summed E-state index contributed by atoms with van der Waals surface area (Å²) in [5.41, 5.74) is -0.942. The monoisotopic (exact) mass is 761 g/mol. The molecule has 1 heterocycles. The largest absolute Gasteiger partial charge is 1.00 e. The minimum atomic E-state index is -4.44. The van der Waals surface area contributed by atoms with E-state index < -0.39 is 66.4 Å². The quantitative estimate of drug-likeness (QED) is 0.0879. The zero-order chi connectivity index (χ0) is 34.0. The molecule has 0 bridgehead atoms. The molecule has 252 valence electrons. The fourth-order valence-corrected chi connectivity index (χ4v) is 7.04. The first-order valence-electron chi connectivity index (χ1n) is 13.7. The number of nitrogens with zero attached hydrogens (tertiary/aromatic N) is 2. The molecule has 20 heteroatoms. The van der Waals surface area contributed by atoms with Crippen molar-refractivity contribution in [2.45, 2.75) is 37.4 Å². The van der Waals surface area contributed by atoms with E-state index in [1.165, 1.54) is 56.3 Å². The van der Waals surface area contributed by atoms with Crippen LogP contribution < -0.4 is 134 Å². The fourth-order valence-electron chi connectivity index (χ4n) is 5.61. The molecule has 0 saturated heterocycles. The van der Waals surface area contributed by atoms with Crippen LogP contribution in [0.2, 0.25) is 0 Å². The number of phenols is 2. The van der Waals surface area contributed by atoms with Gasteiger partial charge in [0.15, 0.2) is 5.60 Å². The third kappa shape index (κ3) is 12.1. The second-order valence-corrected chi connectivity index (χ2v) is 12.4. The summed E-state index contributed by atoms with van der Waals surface area (Å²) < 4.78 is 32.9. The molecule has 0 spiro atoms. The summed E-state index contributed by atoms with van der Waals surface area (Å²) in [6.45, 7) is -0.453. The van der Waals surface area contributed by atoms with Gasteiger partial charge in [-0.05, 0) is 66.4 Å². The summed E-state index contributed by atoms with van der Waals surface area (Å²) in [6, 6.07) is 11.6. The zero-order valence-electron chi connectivity index (χ0n) is 29.1. The van der Waals surface area contributed by atoms with E-state index in [9.17, 15) is 53.1 Å². The van der Waals surface area contributed by atoms with E-state index >= 15 is 0 Å². The van der Waals surface area contributed by atoms with E-state index in [1.54, 1.807) is 12.4 Å². The number of phenolic OH excluding ortho intramolecular Hbond substituents is 2. The topological polar surface area (TPSA) is 258 Å². The minimum absolute atomic E-state index is 0. The number of carbonyl (C=O) groups excluding carboxylic acids is 4. The Morgan fingerprint density at radius 3 is 1.61 bits per heavy atom. The summed E-state index contributed by atoms with van der Waals surface area (Å²) in [5.74, 6) is -5.24. The maximum absolute atomic E-state index is 13.5. The van der Waals surface area contributed by atoms with Crippen molar-refractivity contribution in [1.29, 1.82) is 0 Å². The molecule has 51 heavy (non-hydrogen) atoms. The van der Waals surface area contributed by atoms with E-state index in [-0.39, 0.29) is 186 Å². The normalized spacial score (nSPS) is 15.1. The molecule has 0 fully saturated rings. The number of fused-ring (bicyclic) bond motifs is 1. The van der Waals surface area contributed by atoms with Gasteiger partial charge >= 0.3 is 118 Å². The van der Waals surface area contributed by atoms with Crippen LogP contribution in [-0.4, -0.2) is 84.3 Å². The first-order valence-corrected chi connectivity index (χ1v) is 15.1. The number of benzene rings is 3. The summed E-state index contributed by atoms with van der Waals surface area (Å²) in [4.78, 5) is 47.0. The van der Waals surface area contributed by atoms with Gasteiger partial charge in [-0.2, -0.15) is 8.42 Å². The Kier molecular flexibility index (Phi) is 22.4. The molecule has 3 N–H and O–H groups in total. The third-order valence-electron chi connectivity index (χ3n) is 7.48. The van der Waals surface area contributed by atoms with Crippen molar-refractivity contribution >= 4 is 34.3 Å². The number of hydrogen-bond acceptors (Lipinski definition) is 15. The summed E-state index contributed by atoms with van der Waals surface area (Å²) in [5, 5.41) is 55.8. The van der Waals surface area contributed by atoms with Crippen molar-refractivity contribution in [2.75, 3.05) is 26.2 Å². The van der Waals surface area contributed by atoms with Crippen molar-refractivity contribution in [2.24, 2.45) is 0 Å². The number of aromatic hydroxyl groups is 2. The molecule has 1 aliphatic rings. The average molecular weight is 762 g/mol. The van der Waals surface area contributed by atoms with Gasteiger partial charge in [-0.3, -0.25) is 4.90 Å². The molecular formula is C31H29N2Na4O13S-. The molecule has 3 aromatic carbocycles. The summed E-state index contributed by atoms with van der Waals surface area (Å²) >= 11 is 0. The van der Waals surface area contributed by atoms with E-state index in [0.717, 1.165) is 9.80 Å². The third-order valence-corrected chi connectivity index (χ3v) is 8.84. The van der Waals surface area contributed by atoms with Crippen LogP contribution in [0, 0.1) is 13.8 Å². The molecule has 0 aromatic heterocycles. The van der Waals surface area contributed by atoms with Crippen LogP contribution in [0.1, 0.15) is 38.9 Å². The van der Waals surface area contributed by atoms with Crippen LogP contribution in [0.25, 0.3) is 0 Å². The maximum atomic E-state index is 13.5. The van der Waals surface area contributed by atoms with Gasteiger partial charge in [-0.25, -0.2) is 10.5 Å². The molecule has 0 aliphatic carbocycles. The van der Waals surface area contributed by atoms with Gasteiger partial charge in [0.25, 0.3) is 10.1 Å². The van der Waals surface area contributed by atoms with Gasteiger partial charge in [0.05, 0.1) is 17.9 Å². The number of aliphatic carboxylic acids is 3. The number of hydrogen-bond donors (Lipinski definition) is 2. The molecule has 4 rings (SSSR count). The van der Waals surface area contributed by atoms with E-state index in [4.69, 9.17) is 4.18 Å². The van der Waals surface area contributed by atoms with Crippen molar-refractivity contribution in [3.8, 4) is 11.5 Å². The number of rotatable bonds is 14. The Labute approximate surface area is 383 Å². The second kappa shape index (κ2) is 21.9. The molecule has 1 atom stereocenters. The SMILES string of the molecule is Cc1cc(C2(c3cc(C)c(O)c(CN(CC(=O)[O-])CC(=O)[O-])c3)OS(=O)(=O)c3ccccc32)cc(CN(C[C-]=O)CC(=O)[O-])c1O.[Na+].[Na+].[Na+].[Na+].[OH-]. The van der Waals surface area contributed by atoms with Crippen molar-refractivity contribution in [3.63, 3.8) is 0 Å². The Morgan fingerprint density at radius 2 is 1.18 bits per heavy atom. The van der Waals surface area contributed by atoms with Crippen molar-refractivity contribution in [1.82, 2.24) is 9.80 Å². The number of carbonyl (C=O) groups is 3. The van der Waals surface area contributed by atoms with Crippen LogP contribution in [0.3, 0.4) is 0 Å². The molecule has 1 aliphatic heterocycles. The standard InChI is InChI=1S/C31H31N2O12S.4Na.H2O/c1-18-9-22(11-20(29(18)41)13-32(7-8-34)15-26(35)36)31(24-5-3-4-6-25(24)46(43,44)45-31)23-10-19(2)30(42)21(12-23)14-33(16-27(37)38)17-28(39)40;;;;;/h3-6,9-12,41-42H,7,13-17H2,1-2H3,(H,35,36)(H,37,38)(H,39,40);;;;;1H2/q-1;4*+1;/p-4. The van der Waals surface area contributed by atoms with Gasteiger partial charge in [0.1, 0.15) is 16.4 Å². The summed E-state index contributed by atoms with van der Waals surface area (Å²) in [6.07, 6.45) is 1.60. The number of carboxylic acid groups (broad SMARTS) is 3. The van der Waals surface area contributed by atoms with Gasteiger partial charge < -0.3 is 55.1 Å². The number of carboxylic acids is 3. The Balaban J connectivity index is 0. The van der Waals surface area contributed by atoms with E-state index in [2.05, 4.69) is 0 Å². The molecule has 0 amide bonds. The van der Waals surface area contributed by atoms with Crippen molar-refractivity contribution < 1.29 is 181 Å². The predicted molar refractivity (Wildman–Crippen MR) is 153 cm³/mol. The Hall–Kier alpha value is -0.870. The molecular weight excluding hydrogens is 732 g/mol. The Morgan fingerprint density at radius 1 is 0.765 bits per heavy atom. The molecule has 0 saturated carbocycles. The molecule has 1 unspecified atom stereocenters. The van der Waals surface area contributed by atoms with Gasteiger partial charge in [-0.15, -0.1) is 0 Å². The van der Waals surface area contributed by atoms with Gasteiger partial charge in [0.2, 0.25) is 0 Å². The predicted octanol–water partition coefficient (Wildman–Crippen LogP) is -14.5. The van der Waals surface area contributed by atoms with Gasteiger partial charge in [-0.1, -0.05) is 24.7 Å². The van der Waals surface area contributed by atoms with Crippen LogP contribution in [0.4, 0.5) is 0 Å². The molecule has 3 aromatic rings. The number of aryl methyl sites for hydroxylation is 2. The molecule has 0 radical (unpaired) electrons. The zero-order valence-corrected chi connectivity index (χ0v) is 37.9. The van der Waals surface area contributed by atoms with Crippen LogP contribution >= 0.6 is 0 Å². The van der Waals surface area contributed by atoms with Crippen LogP contribution in [0.5, 0.6) is 11.5 Å². The second-order valence-electron chi connectivity index (χ2n) is 10.9. The fraction of sp³-hybridized carbons (Fsp3) is 0.290. The van der Waals surface area contributed by atoms with Crippen LogP contribution in [0.15, 0.2) is 53.4 Å². The van der Waals surface area contributed by atoms with E-state index in [1.807, 2.05) is 0 Å². The van der Waals surface area contributed by atoms with E-state index in [0.29, 0.717) is 0 Å². The minimum Gasteiger partial charge on any atom is -0.870 e. The summed E-state index contributed by atoms with van der Waals surface area (Å²) in [7, 11) is -4.44.